The SMILES string of the molecule is COc1cc(C)c(OC)c(C2CC(C(=O)O)CN2)c1C. The first-order valence-corrected chi connectivity index (χ1v) is 6.67. The van der Waals surface area contributed by atoms with Crippen LogP contribution in [-0.4, -0.2) is 31.8 Å². The Labute approximate surface area is 118 Å². The van der Waals surface area contributed by atoms with Crippen LogP contribution in [0.1, 0.15) is 29.2 Å². The molecular weight excluding hydrogens is 258 g/mol. The monoisotopic (exact) mass is 279 g/mol. The van der Waals surface area contributed by atoms with Crippen LogP contribution < -0.4 is 14.8 Å². The van der Waals surface area contributed by atoms with Crippen molar-refractivity contribution >= 4 is 5.97 Å². The van der Waals surface area contributed by atoms with E-state index in [-0.39, 0.29) is 12.0 Å². The van der Waals surface area contributed by atoms with Gasteiger partial charge in [-0.15, -0.1) is 0 Å². The van der Waals surface area contributed by atoms with Crippen LogP contribution in [0.5, 0.6) is 11.5 Å². The molecule has 0 aliphatic carbocycles. The van der Waals surface area contributed by atoms with Crippen molar-refractivity contribution in [2.24, 2.45) is 5.92 Å². The molecule has 2 N–H and O–H groups in total. The van der Waals surface area contributed by atoms with Crippen LogP contribution in [0.15, 0.2) is 6.07 Å². The standard InChI is InChI=1S/C15H21NO4/c1-8-5-12(19-3)9(2)13(14(8)20-4)11-6-10(7-16-11)15(17)18/h5,10-11,16H,6-7H2,1-4H3,(H,17,18). The molecule has 2 atom stereocenters. The van der Waals surface area contributed by atoms with E-state index in [0.29, 0.717) is 13.0 Å². The van der Waals surface area contributed by atoms with Crippen molar-refractivity contribution in [3.8, 4) is 11.5 Å². The van der Waals surface area contributed by atoms with E-state index in [1.807, 2.05) is 19.9 Å². The van der Waals surface area contributed by atoms with Crippen LogP contribution >= 0.6 is 0 Å². The zero-order valence-corrected chi connectivity index (χ0v) is 12.3. The number of hydrogen-bond acceptors (Lipinski definition) is 4. The van der Waals surface area contributed by atoms with Gasteiger partial charge in [0.25, 0.3) is 0 Å². The quantitative estimate of drug-likeness (QED) is 0.883. The normalized spacial score (nSPS) is 21.8. The summed E-state index contributed by atoms with van der Waals surface area (Å²) in [6.45, 7) is 4.43. The van der Waals surface area contributed by atoms with Crippen LogP contribution in [0.3, 0.4) is 0 Å². The molecule has 110 valence electrons. The summed E-state index contributed by atoms with van der Waals surface area (Å²) < 4.78 is 10.9. The number of rotatable bonds is 4. The van der Waals surface area contributed by atoms with E-state index in [9.17, 15) is 4.79 Å². The van der Waals surface area contributed by atoms with Crippen LogP contribution in [-0.2, 0) is 4.79 Å². The molecule has 0 radical (unpaired) electrons. The van der Waals surface area contributed by atoms with E-state index >= 15 is 0 Å². The van der Waals surface area contributed by atoms with Crippen molar-refractivity contribution < 1.29 is 19.4 Å². The summed E-state index contributed by atoms with van der Waals surface area (Å²) in [5.74, 6) is 0.512. The fraction of sp³-hybridized carbons (Fsp3) is 0.533. The Morgan fingerprint density at radius 1 is 1.35 bits per heavy atom. The smallest absolute Gasteiger partial charge is 0.307 e. The van der Waals surface area contributed by atoms with Crippen LogP contribution in [0, 0.1) is 19.8 Å². The third kappa shape index (κ3) is 2.45. The Kier molecular flexibility index (Phi) is 4.18. The Morgan fingerprint density at radius 2 is 2.05 bits per heavy atom. The number of benzene rings is 1. The van der Waals surface area contributed by atoms with Gasteiger partial charge in [-0.25, -0.2) is 0 Å². The Morgan fingerprint density at radius 3 is 2.55 bits per heavy atom. The molecule has 1 aliphatic rings. The van der Waals surface area contributed by atoms with Crippen molar-refractivity contribution in [2.75, 3.05) is 20.8 Å². The Balaban J connectivity index is 2.45. The first-order valence-electron chi connectivity index (χ1n) is 6.67. The molecule has 0 saturated carbocycles. The molecule has 5 heteroatoms. The molecule has 1 saturated heterocycles. The minimum atomic E-state index is -0.753. The van der Waals surface area contributed by atoms with Crippen molar-refractivity contribution in [1.82, 2.24) is 5.32 Å². The first-order chi connectivity index (χ1) is 9.49. The number of carbonyl (C=O) groups is 1. The Bertz CT molecular complexity index is 527. The molecule has 1 fully saturated rings. The lowest BCUT2D eigenvalue weighted by Gasteiger charge is -2.21. The molecular formula is C15H21NO4. The lowest BCUT2D eigenvalue weighted by atomic mass is 9.93. The zero-order chi connectivity index (χ0) is 14.9. The van der Waals surface area contributed by atoms with Gasteiger partial charge in [0, 0.05) is 18.2 Å². The highest BCUT2D eigenvalue weighted by Gasteiger charge is 2.33. The second-order valence-corrected chi connectivity index (χ2v) is 5.20. The number of carboxylic acids is 1. The zero-order valence-electron chi connectivity index (χ0n) is 12.3. The highest BCUT2D eigenvalue weighted by Crippen LogP contribution is 2.41. The summed E-state index contributed by atoms with van der Waals surface area (Å²) >= 11 is 0. The Hall–Kier alpha value is -1.75. The number of ether oxygens (including phenoxy) is 2. The molecule has 1 aliphatic heterocycles. The minimum absolute atomic E-state index is 0.0140. The fourth-order valence-corrected chi connectivity index (χ4v) is 2.93. The van der Waals surface area contributed by atoms with Crippen LogP contribution in [0.25, 0.3) is 0 Å². The van der Waals surface area contributed by atoms with Crippen LogP contribution in [0.4, 0.5) is 0 Å². The number of aliphatic carboxylic acids is 1. The largest absolute Gasteiger partial charge is 0.496 e. The summed E-state index contributed by atoms with van der Waals surface area (Å²) in [5, 5.41) is 12.4. The van der Waals surface area contributed by atoms with Gasteiger partial charge in [0.05, 0.1) is 20.1 Å². The molecule has 2 rings (SSSR count). The minimum Gasteiger partial charge on any atom is -0.496 e. The molecule has 1 aromatic rings. The first kappa shape index (κ1) is 14.7. The highest BCUT2D eigenvalue weighted by molar-refractivity contribution is 5.71. The number of methoxy groups -OCH3 is 2. The molecule has 0 amide bonds. The number of hydrogen-bond donors (Lipinski definition) is 2. The van der Waals surface area contributed by atoms with E-state index in [0.717, 1.165) is 28.2 Å². The van der Waals surface area contributed by atoms with Crippen molar-refractivity contribution in [1.29, 1.82) is 0 Å². The van der Waals surface area contributed by atoms with E-state index in [1.165, 1.54) is 0 Å². The van der Waals surface area contributed by atoms with E-state index in [2.05, 4.69) is 5.32 Å². The lowest BCUT2D eigenvalue weighted by Crippen LogP contribution is -2.18. The van der Waals surface area contributed by atoms with Gasteiger partial charge in [-0.3, -0.25) is 4.79 Å². The summed E-state index contributed by atoms with van der Waals surface area (Å²) in [5.41, 5.74) is 3.00. The maximum Gasteiger partial charge on any atom is 0.307 e. The predicted octanol–water partition coefficient (Wildman–Crippen LogP) is 2.06. The van der Waals surface area contributed by atoms with E-state index in [4.69, 9.17) is 14.6 Å². The van der Waals surface area contributed by atoms with Crippen LogP contribution in [0.2, 0.25) is 0 Å². The van der Waals surface area contributed by atoms with Crippen molar-refractivity contribution in [2.45, 2.75) is 26.3 Å². The number of aryl methyl sites for hydroxylation is 1. The van der Waals surface area contributed by atoms with Gasteiger partial charge < -0.3 is 19.9 Å². The second kappa shape index (κ2) is 5.71. The maximum atomic E-state index is 11.1. The van der Waals surface area contributed by atoms with Gasteiger partial charge in [-0.1, -0.05) is 0 Å². The lowest BCUT2D eigenvalue weighted by molar-refractivity contribution is -0.141. The average Bonchev–Trinajstić information content (AvgIpc) is 2.89. The highest BCUT2D eigenvalue weighted by atomic mass is 16.5. The van der Waals surface area contributed by atoms with E-state index in [1.54, 1.807) is 14.2 Å². The molecule has 2 unspecified atom stereocenters. The van der Waals surface area contributed by atoms with Gasteiger partial charge in [0.15, 0.2) is 0 Å². The molecule has 0 bridgehead atoms. The van der Waals surface area contributed by atoms with Gasteiger partial charge in [-0.05, 0) is 37.5 Å². The molecule has 5 nitrogen and oxygen atoms in total. The summed E-state index contributed by atoms with van der Waals surface area (Å²) in [7, 11) is 3.28. The number of carboxylic acid groups (broad SMARTS) is 1. The third-order valence-corrected chi connectivity index (χ3v) is 3.98. The molecule has 0 aromatic heterocycles. The van der Waals surface area contributed by atoms with Gasteiger partial charge in [0.2, 0.25) is 0 Å². The summed E-state index contributed by atoms with van der Waals surface area (Å²) in [4.78, 5) is 11.1. The predicted molar refractivity (Wildman–Crippen MR) is 75.5 cm³/mol. The van der Waals surface area contributed by atoms with Gasteiger partial charge >= 0.3 is 5.97 Å². The molecule has 1 aromatic carbocycles. The molecule has 0 spiro atoms. The number of nitrogens with one attached hydrogen (secondary N) is 1. The summed E-state index contributed by atoms with van der Waals surface area (Å²) in [6.07, 6.45) is 0.569. The van der Waals surface area contributed by atoms with Crippen molar-refractivity contribution in [3.05, 3.63) is 22.8 Å². The second-order valence-electron chi connectivity index (χ2n) is 5.20. The topological polar surface area (TPSA) is 67.8 Å². The summed E-state index contributed by atoms with van der Waals surface area (Å²) in [6, 6.07) is 1.93. The van der Waals surface area contributed by atoms with Crippen molar-refractivity contribution in [3.63, 3.8) is 0 Å². The fourth-order valence-electron chi connectivity index (χ4n) is 2.93. The molecule has 1 heterocycles. The molecule has 20 heavy (non-hydrogen) atoms. The maximum absolute atomic E-state index is 11.1. The van der Waals surface area contributed by atoms with Gasteiger partial charge in [0.1, 0.15) is 11.5 Å². The third-order valence-electron chi connectivity index (χ3n) is 3.98. The van der Waals surface area contributed by atoms with Gasteiger partial charge in [-0.2, -0.15) is 0 Å². The van der Waals surface area contributed by atoms with E-state index < -0.39 is 5.97 Å². The average molecular weight is 279 g/mol.